The second-order valence-corrected chi connectivity index (χ2v) is 8.21. The number of carbonyl (C=O) groups excluding carboxylic acids is 2. The Labute approximate surface area is 200 Å². The van der Waals surface area contributed by atoms with Crippen molar-refractivity contribution < 1.29 is 14.3 Å². The number of methoxy groups -OCH3 is 1. The van der Waals surface area contributed by atoms with E-state index < -0.39 is 5.97 Å². The first-order chi connectivity index (χ1) is 15.4. The van der Waals surface area contributed by atoms with Gasteiger partial charge < -0.3 is 4.74 Å². The van der Waals surface area contributed by atoms with Crippen LogP contribution in [-0.2, 0) is 9.53 Å². The molecule has 3 aromatic rings. The second kappa shape index (κ2) is 9.21. The molecule has 0 atom stereocenters. The fourth-order valence-electron chi connectivity index (χ4n) is 3.40. The lowest BCUT2D eigenvalue weighted by Gasteiger charge is -2.21. The van der Waals surface area contributed by atoms with Crippen LogP contribution < -0.4 is 4.90 Å². The summed E-state index contributed by atoms with van der Waals surface area (Å²) >= 11 is 18.5. The molecule has 0 unspecified atom stereocenters. The van der Waals surface area contributed by atoms with Gasteiger partial charge in [-0.25, -0.2) is 4.79 Å². The first-order valence-corrected chi connectivity index (χ1v) is 10.7. The van der Waals surface area contributed by atoms with Gasteiger partial charge in [0.1, 0.15) is 0 Å². The summed E-state index contributed by atoms with van der Waals surface area (Å²) < 4.78 is 4.82. The van der Waals surface area contributed by atoms with Crippen molar-refractivity contribution in [2.24, 2.45) is 0 Å². The normalized spacial score (nSPS) is 14.6. The summed E-state index contributed by atoms with van der Waals surface area (Å²) in [7, 11) is 1.28. The number of halogens is 3. The van der Waals surface area contributed by atoms with Gasteiger partial charge in [-0.2, -0.15) is 0 Å². The van der Waals surface area contributed by atoms with E-state index in [1.807, 2.05) is 30.3 Å². The van der Waals surface area contributed by atoms with Crippen LogP contribution in [0.4, 0.5) is 5.69 Å². The van der Waals surface area contributed by atoms with Gasteiger partial charge in [0.25, 0.3) is 5.91 Å². The molecule has 32 heavy (non-hydrogen) atoms. The van der Waals surface area contributed by atoms with Gasteiger partial charge in [0.05, 0.1) is 29.1 Å². The molecule has 0 aromatic heterocycles. The van der Waals surface area contributed by atoms with Crippen molar-refractivity contribution >= 4 is 64.1 Å². The average Bonchev–Trinajstić information content (AvgIpc) is 3.12. The zero-order chi connectivity index (χ0) is 22.8. The molecule has 0 N–H and O–H groups in total. The Balaban J connectivity index is 1.85. The highest BCUT2D eigenvalue weighted by atomic mass is 35.5. The molecule has 0 bridgehead atoms. The summed E-state index contributed by atoms with van der Waals surface area (Å²) in [5.41, 5.74) is 3.25. The lowest BCUT2D eigenvalue weighted by molar-refractivity contribution is -0.113. The molecule has 0 saturated carbocycles. The second-order valence-electron chi connectivity index (χ2n) is 6.96. The van der Waals surface area contributed by atoms with E-state index in [1.54, 1.807) is 48.6 Å². The Morgan fingerprint density at radius 2 is 1.69 bits per heavy atom. The summed E-state index contributed by atoms with van der Waals surface area (Å²) in [6.45, 7) is 0. The van der Waals surface area contributed by atoms with Crippen molar-refractivity contribution in [1.29, 1.82) is 0 Å². The lowest BCUT2D eigenvalue weighted by atomic mass is 10.1. The molecule has 0 fully saturated rings. The predicted molar refractivity (Wildman–Crippen MR) is 129 cm³/mol. The van der Waals surface area contributed by atoms with Crippen LogP contribution in [0.2, 0.25) is 15.1 Å². The molecule has 160 valence electrons. The molecule has 1 heterocycles. The number of hydrogen-bond acceptors (Lipinski definition) is 3. The molecule has 0 aliphatic carbocycles. The van der Waals surface area contributed by atoms with Crippen LogP contribution >= 0.6 is 34.8 Å². The van der Waals surface area contributed by atoms with E-state index in [4.69, 9.17) is 39.5 Å². The first-order valence-electron chi connectivity index (χ1n) is 9.55. The van der Waals surface area contributed by atoms with E-state index in [0.717, 1.165) is 5.56 Å². The number of hydrogen-bond donors (Lipinski definition) is 0. The maximum absolute atomic E-state index is 13.5. The van der Waals surface area contributed by atoms with Gasteiger partial charge in [0.15, 0.2) is 0 Å². The number of ether oxygens (including phenoxy) is 1. The molecule has 4 rings (SSSR count). The molecule has 1 aliphatic heterocycles. The van der Waals surface area contributed by atoms with Crippen molar-refractivity contribution in [3.8, 4) is 0 Å². The third-order valence-electron chi connectivity index (χ3n) is 4.94. The molecule has 4 nitrogen and oxygen atoms in total. The zero-order valence-electron chi connectivity index (χ0n) is 16.8. The Morgan fingerprint density at radius 1 is 0.938 bits per heavy atom. The van der Waals surface area contributed by atoms with Crippen molar-refractivity contribution in [2.45, 2.75) is 0 Å². The highest BCUT2D eigenvalue weighted by molar-refractivity contribution is 6.36. The molecule has 1 aliphatic rings. The van der Waals surface area contributed by atoms with E-state index in [9.17, 15) is 9.59 Å². The quantitative estimate of drug-likeness (QED) is 0.299. The lowest BCUT2D eigenvalue weighted by Crippen LogP contribution is -2.25. The van der Waals surface area contributed by atoms with E-state index in [2.05, 4.69) is 0 Å². The average molecular weight is 485 g/mol. The van der Waals surface area contributed by atoms with Crippen molar-refractivity contribution in [3.05, 3.63) is 110 Å². The van der Waals surface area contributed by atoms with Gasteiger partial charge in [-0.15, -0.1) is 0 Å². The van der Waals surface area contributed by atoms with Gasteiger partial charge in [0.2, 0.25) is 0 Å². The van der Waals surface area contributed by atoms with Gasteiger partial charge in [0, 0.05) is 15.6 Å². The highest BCUT2D eigenvalue weighted by Crippen LogP contribution is 2.37. The van der Waals surface area contributed by atoms with Crippen LogP contribution in [0.5, 0.6) is 0 Å². The molecular weight excluding hydrogens is 469 g/mol. The van der Waals surface area contributed by atoms with Crippen LogP contribution in [0.1, 0.15) is 21.5 Å². The van der Waals surface area contributed by atoms with E-state index >= 15 is 0 Å². The van der Waals surface area contributed by atoms with Gasteiger partial charge in [-0.1, -0.05) is 71.2 Å². The zero-order valence-corrected chi connectivity index (χ0v) is 19.1. The number of rotatable bonds is 4. The summed E-state index contributed by atoms with van der Waals surface area (Å²) in [6, 6.07) is 19.4. The topological polar surface area (TPSA) is 46.6 Å². The summed E-state index contributed by atoms with van der Waals surface area (Å²) in [5.74, 6) is -0.856. The minimum atomic E-state index is -0.586. The number of carbonyl (C=O) groups is 2. The fourth-order valence-corrected chi connectivity index (χ4v) is 4.06. The SMILES string of the molecule is COC(=O)c1cc(N2C(=O)/C(=C/c3ccc(Cl)cc3Cl)C=C2c2ccccc2)ccc1Cl. The Hall–Kier alpha value is -3.05. The van der Waals surface area contributed by atoms with Crippen molar-refractivity contribution in [3.63, 3.8) is 0 Å². The van der Waals surface area contributed by atoms with Crippen LogP contribution in [-0.4, -0.2) is 19.0 Å². The number of nitrogens with zero attached hydrogens (tertiary/aromatic N) is 1. The van der Waals surface area contributed by atoms with E-state index in [0.29, 0.717) is 32.6 Å². The minimum Gasteiger partial charge on any atom is -0.465 e. The summed E-state index contributed by atoms with van der Waals surface area (Å²) in [5, 5.41) is 1.18. The smallest absolute Gasteiger partial charge is 0.339 e. The van der Waals surface area contributed by atoms with Crippen LogP contribution in [0.3, 0.4) is 0 Å². The number of amides is 1. The van der Waals surface area contributed by atoms with Gasteiger partial charge in [-0.05, 0) is 53.6 Å². The standard InChI is InChI=1S/C25H16Cl3NO3/c1-32-25(31)20-14-19(9-10-21(20)27)29-23(15-5-3-2-4-6-15)12-17(24(29)30)11-16-7-8-18(26)13-22(16)28/h2-14H,1H3/b17-11+. The minimum absolute atomic E-state index is 0.171. The Morgan fingerprint density at radius 3 is 2.38 bits per heavy atom. The molecule has 1 amide bonds. The summed E-state index contributed by atoms with van der Waals surface area (Å²) in [4.78, 5) is 27.2. The maximum Gasteiger partial charge on any atom is 0.339 e. The third-order valence-corrected chi connectivity index (χ3v) is 5.83. The molecule has 0 radical (unpaired) electrons. The first kappa shape index (κ1) is 22.2. The Bertz CT molecular complexity index is 1280. The third kappa shape index (κ3) is 4.30. The summed E-state index contributed by atoms with van der Waals surface area (Å²) in [6.07, 6.45) is 3.50. The van der Waals surface area contributed by atoms with Crippen LogP contribution in [0.15, 0.2) is 78.4 Å². The van der Waals surface area contributed by atoms with Gasteiger partial charge in [-0.3, -0.25) is 9.69 Å². The van der Waals surface area contributed by atoms with Crippen molar-refractivity contribution in [1.82, 2.24) is 0 Å². The van der Waals surface area contributed by atoms with Gasteiger partial charge >= 0.3 is 5.97 Å². The highest BCUT2D eigenvalue weighted by Gasteiger charge is 2.31. The maximum atomic E-state index is 13.5. The monoisotopic (exact) mass is 483 g/mol. The molecule has 0 saturated heterocycles. The van der Waals surface area contributed by atoms with E-state index in [-0.39, 0.29) is 16.5 Å². The number of benzene rings is 3. The number of anilines is 1. The Kier molecular flexibility index (Phi) is 6.38. The largest absolute Gasteiger partial charge is 0.465 e. The predicted octanol–water partition coefficient (Wildman–Crippen LogP) is 6.90. The molecule has 0 spiro atoms. The molecule has 7 heteroatoms. The van der Waals surface area contributed by atoms with Crippen molar-refractivity contribution in [2.75, 3.05) is 12.0 Å². The number of esters is 1. The van der Waals surface area contributed by atoms with Crippen LogP contribution in [0, 0.1) is 0 Å². The fraction of sp³-hybridized carbons (Fsp3) is 0.0400. The van der Waals surface area contributed by atoms with E-state index in [1.165, 1.54) is 12.0 Å². The van der Waals surface area contributed by atoms with Crippen LogP contribution in [0.25, 0.3) is 11.8 Å². The molecule has 3 aromatic carbocycles. The molecular formula is C25H16Cl3NO3.